The second-order valence-electron chi connectivity index (χ2n) is 8.53. The third kappa shape index (κ3) is 7.83. The summed E-state index contributed by atoms with van der Waals surface area (Å²) in [4.78, 5) is 13.6. The molecular weight excluding hydrogens is 438 g/mol. The molecule has 3 N–H and O–H groups in total. The van der Waals surface area contributed by atoms with Gasteiger partial charge in [-0.25, -0.2) is 4.79 Å². The summed E-state index contributed by atoms with van der Waals surface area (Å²) in [6.07, 6.45) is 0.465. The number of carbonyl (C=O) groups is 1. The van der Waals surface area contributed by atoms with Crippen LogP contribution in [0, 0.1) is 0 Å². The highest BCUT2D eigenvalue weighted by atomic mass is 35.5. The molecule has 0 saturated carbocycles. The molecular formula is C23H30ClNO5S. The molecule has 0 radical (unpaired) electrons. The molecule has 0 aliphatic heterocycles. The predicted octanol–water partition coefficient (Wildman–Crippen LogP) is 5.41. The number of nitrogens with one attached hydrogen (secondary N) is 1. The number of hydrogen-bond acceptors (Lipinski definition) is 6. The Morgan fingerprint density at radius 2 is 1.87 bits per heavy atom. The molecule has 2 rings (SSSR count). The van der Waals surface area contributed by atoms with Gasteiger partial charge in [0.2, 0.25) is 0 Å². The van der Waals surface area contributed by atoms with Gasteiger partial charge in [-0.15, -0.1) is 0 Å². The summed E-state index contributed by atoms with van der Waals surface area (Å²) >= 11 is 7.86. The minimum absolute atomic E-state index is 0.165. The summed E-state index contributed by atoms with van der Waals surface area (Å²) in [6.45, 7) is 6.89. The minimum atomic E-state index is -0.842. The molecule has 31 heavy (non-hydrogen) atoms. The van der Waals surface area contributed by atoms with E-state index in [9.17, 15) is 15.0 Å². The molecule has 0 fully saturated rings. The van der Waals surface area contributed by atoms with Crippen molar-refractivity contribution in [3.8, 4) is 11.5 Å². The van der Waals surface area contributed by atoms with Gasteiger partial charge in [0.1, 0.15) is 17.1 Å². The van der Waals surface area contributed by atoms with Crippen LogP contribution in [-0.4, -0.2) is 41.2 Å². The first kappa shape index (κ1) is 25.2. The fourth-order valence-corrected chi connectivity index (χ4v) is 4.02. The summed E-state index contributed by atoms with van der Waals surface area (Å²) in [6, 6.07) is 10.7. The number of aliphatic hydroxyl groups is 1. The highest BCUT2D eigenvalue weighted by Gasteiger charge is 2.28. The normalized spacial score (nSPS) is 13.4. The number of methoxy groups -OCH3 is 1. The first-order valence-electron chi connectivity index (χ1n) is 9.90. The molecule has 0 aromatic heterocycles. The summed E-state index contributed by atoms with van der Waals surface area (Å²) < 4.78 is 10.5. The van der Waals surface area contributed by atoms with Gasteiger partial charge in [0.25, 0.3) is 0 Å². The van der Waals surface area contributed by atoms with Crippen LogP contribution in [0.5, 0.6) is 11.5 Å². The summed E-state index contributed by atoms with van der Waals surface area (Å²) in [7, 11) is 1.57. The monoisotopic (exact) mass is 467 g/mol. The number of aliphatic hydroxyl groups excluding tert-OH is 1. The van der Waals surface area contributed by atoms with E-state index in [1.54, 1.807) is 53.0 Å². The molecule has 2 aromatic rings. The van der Waals surface area contributed by atoms with Crippen LogP contribution in [0.15, 0.2) is 46.2 Å². The molecule has 0 heterocycles. The van der Waals surface area contributed by atoms with E-state index in [-0.39, 0.29) is 12.4 Å². The molecule has 1 atom stereocenters. The van der Waals surface area contributed by atoms with Crippen molar-refractivity contribution in [3.05, 3.63) is 47.0 Å². The fourth-order valence-electron chi connectivity index (χ4n) is 2.77. The molecule has 8 heteroatoms. The fraction of sp³-hybridized carbons (Fsp3) is 0.435. The van der Waals surface area contributed by atoms with Gasteiger partial charge in [0, 0.05) is 9.92 Å². The molecule has 6 nitrogen and oxygen atoms in total. The predicted molar refractivity (Wildman–Crippen MR) is 123 cm³/mol. The maximum Gasteiger partial charge on any atom is 0.408 e. The van der Waals surface area contributed by atoms with Crippen LogP contribution in [0.3, 0.4) is 0 Å². The van der Waals surface area contributed by atoms with Gasteiger partial charge in [-0.1, -0.05) is 29.4 Å². The van der Waals surface area contributed by atoms with Crippen LogP contribution >= 0.6 is 23.4 Å². The topological polar surface area (TPSA) is 88.0 Å². The third-order valence-corrected chi connectivity index (χ3v) is 5.91. The number of rotatable bonds is 8. The second-order valence-corrected chi connectivity index (χ2v) is 10.1. The maximum absolute atomic E-state index is 12.1. The Bertz CT molecular complexity index is 915. The molecule has 2 aromatic carbocycles. The van der Waals surface area contributed by atoms with Crippen molar-refractivity contribution in [2.75, 3.05) is 13.7 Å². The average molecular weight is 468 g/mol. The first-order valence-corrected chi connectivity index (χ1v) is 11.1. The van der Waals surface area contributed by atoms with Crippen molar-refractivity contribution in [2.45, 2.75) is 61.5 Å². The Labute approximate surface area is 192 Å². The van der Waals surface area contributed by atoms with Crippen molar-refractivity contribution in [1.82, 2.24) is 5.32 Å². The Kier molecular flexibility index (Phi) is 8.51. The lowest BCUT2D eigenvalue weighted by Gasteiger charge is -2.30. The molecule has 0 bridgehead atoms. The number of amides is 1. The number of aromatic hydroxyl groups is 1. The minimum Gasteiger partial charge on any atom is -0.507 e. The Morgan fingerprint density at radius 1 is 1.16 bits per heavy atom. The van der Waals surface area contributed by atoms with E-state index in [1.807, 2.05) is 18.2 Å². The summed E-state index contributed by atoms with van der Waals surface area (Å²) in [5.74, 6) is 0.821. The number of benzene rings is 2. The van der Waals surface area contributed by atoms with Crippen molar-refractivity contribution in [3.63, 3.8) is 0 Å². The lowest BCUT2D eigenvalue weighted by molar-refractivity contribution is 0.0407. The Morgan fingerprint density at radius 3 is 2.45 bits per heavy atom. The SMILES string of the molecule is COc1ccc(O)c(Sc2ccc(CCC(C)(CO)NC(=O)OC(C)(C)C)c(Cl)c2)c1. The number of hydrogen-bond donors (Lipinski definition) is 3. The second kappa shape index (κ2) is 10.5. The van der Waals surface area contributed by atoms with Gasteiger partial charge >= 0.3 is 6.09 Å². The van der Waals surface area contributed by atoms with E-state index in [2.05, 4.69) is 5.32 Å². The smallest absolute Gasteiger partial charge is 0.408 e. The van der Waals surface area contributed by atoms with E-state index in [0.29, 0.717) is 28.5 Å². The van der Waals surface area contributed by atoms with Gasteiger partial charge in [-0.05, 0) is 76.4 Å². The number of halogens is 1. The van der Waals surface area contributed by atoms with Crippen molar-refractivity contribution in [1.29, 1.82) is 0 Å². The first-order chi connectivity index (χ1) is 14.4. The largest absolute Gasteiger partial charge is 0.507 e. The van der Waals surface area contributed by atoms with Crippen LogP contribution in [-0.2, 0) is 11.2 Å². The number of aryl methyl sites for hydroxylation is 1. The molecule has 1 amide bonds. The maximum atomic E-state index is 12.1. The molecule has 0 saturated heterocycles. The molecule has 170 valence electrons. The van der Waals surface area contributed by atoms with Crippen LogP contribution in [0.4, 0.5) is 4.79 Å². The van der Waals surface area contributed by atoms with E-state index in [0.717, 1.165) is 10.5 Å². The number of carbonyl (C=O) groups excluding carboxylic acids is 1. The summed E-state index contributed by atoms with van der Waals surface area (Å²) in [5.41, 5.74) is -0.563. The zero-order valence-corrected chi connectivity index (χ0v) is 20.1. The highest BCUT2D eigenvalue weighted by Crippen LogP contribution is 2.38. The van der Waals surface area contributed by atoms with E-state index >= 15 is 0 Å². The van der Waals surface area contributed by atoms with Gasteiger partial charge in [0.15, 0.2) is 0 Å². The zero-order valence-electron chi connectivity index (χ0n) is 18.5. The van der Waals surface area contributed by atoms with Crippen molar-refractivity contribution >= 4 is 29.5 Å². The summed E-state index contributed by atoms with van der Waals surface area (Å²) in [5, 5.41) is 23.2. The quantitative estimate of drug-likeness (QED) is 0.480. The van der Waals surface area contributed by atoms with E-state index in [1.165, 1.54) is 11.8 Å². The van der Waals surface area contributed by atoms with Gasteiger partial charge in [-0.2, -0.15) is 0 Å². The lowest BCUT2D eigenvalue weighted by atomic mass is 9.94. The lowest BCUT2D eigenvalue weighted by Crippen LogP contribution is -2.50. The number of alkyl carbamates (subject to hydrolysis) is 1. The average Bonchev–Trinajstić information content (AvgIpc) is 2.67. The van der Waals surface area contributed by atoms with Gasteiger partial charge in [-0.3, -0.25) is 0 Å². The molecule has 0 aliphatic rings. The van der Waals surface area contributed by atoms with Gasteiger partial charge in [0.05, 0.1) is 24.2 Å². The van der Waals surface area contributed by atoms with Gasteiger partial charge < -0.3 is 25.0 Å². The number of phenolic OH excluding ortho intramolecular Hbond substituents is 1. The highest BCUT2D eigenvalue weighted by molar-refractivity contribution is 7.99. The van der Waals surface area contributed by atoms with Crippen LogP contribution < -0.4 is 10.1 Å². The van der Waals surface area contributed by atoms with E-state index < -0.39 is 17.2 Å². The third-order valence-electron chi connectivity index (χ3n) is 4.52. The van der Waals surface area contributed by atoms with Crippen LogP contribution in [0.25, 0.3) is 0 Å². The Hall–Kier alpha value is -2.09. The zero-order chi connectivity index (χ0) is 23.2. The van der Waals surface area contributed by atoms with Crippen molar-refractivity contribution in [2.24, 2.45) is 0 Å². The van der Waals surface area contributed by atoms with Crippen molar-refractivity contribution < 1.29 is 24.5 Å². The molecule has 0 spiro atoms. The molecule has 1 unspecified atom stereocenters. The Balaban J connectivity index is 2.05. The van der Waals surface area contributed by atoms with Crippen LogP contribution in [0.2, 0.25) is 5.02 Å². The van der Waals surface area contributed by atoms with Crippen LogP contribution in [0.1, 0.15) is 39.7 Å². The number of phenols is 1. The van der Waals surface area contributed by atoms with E-state index in [4.69, 9.17) is 21.1 Å². The standard InChI is InChI=1S/C23H30ClNO5S/c1-22(2,3)30-21(28)25-23(4,14-26)11-10-15-6-8-17(13-18(15)24)31-20-12-16(29-5)7-9-19(20)27/h6-9,12-13,26-27H,10-11,14H2,1-5H3,(H,25,28). The molecule has 0 aliphatic carbocycles. The number of ether oxygens (including phenoxy) is 2.